The van der Waals surface area contributed by atoms with E-state index in [1.807, 2.05) is 0 Å². The van der Waals surface area contributed by atoms with Gasteiger partial charge >= 0.3 is 6.18 Å². The summed E-state index contributed by atoms with van der Waals surface area (Å²) in [4.78, 5) is 1.37. The lowest BCUT2D eigenvalue weighted by atomic mass is 9.94. The maximum Gasteiger partial charge on any atom is 0.411 e. The summed E-state index contributed by atoms with van der Waals surface area (Å²) in [5.41, 5.74) is 1.28. The maximum atomic E-state index is 11.9. The molecule has 1 aromatic heterocycles. The molecular weight excluding hydrogens is 343 g/mol. The van der Waals surface area contributed by atoms with Gasteiger partial charge in [-0.2, -0.15) is 13.2 Å². The van der Waals surface area contributed by atoms with Crippen molar-refractivity contribution in [2.24, 2.45) is 0 Å². The SMILES string of the molecule is FC(F)(F)COCCNC1CCCc2sc(Br)cc21. The van der Waals surface area contributed by atoms with Crippen molar-refractivity contribution in [3.05, 3.63) is 20.3 Å². The van der Waals surface area contributed by atoms with E-state index in [2.05, 4.69) is 32.0 Å². The van der Waals surface area contributed by atoms with E-state index in [-0.39, 0.29) is 12.6 Å². The second-order valence-electron chi connectivity index (χ2n) is 4.50. The highest BCUT2D eigenvalue weighted by atomic mass is 79.9. The van der Waals surface area contributed by atoms with Crippen LogP contribution in [0.5, 0.6) is 0 Å². The van der Waals surface area contributed by atoms with E-state index < -0.39 is 12.8 Å². The zero-order valence-corrected chi connectivity index (χ0v) is 12.6. The Morgan fingerprint density at radius 1 is 1.47 bits per heavy atom. The van der Waals surface area contributed by atoms with Crippen molar-refractivity contribution in [1.29, 1.82) is 0 Å². The molecule has 1 atom stereocenters. The van der Waals surface area contributed by atoms with Crippen LogP contribution in [0.3, 0.4) is 0 Å². The van der Waals surface area contributed by atoms with Gasteiger partial charge in [-0.1, -0.05) is 0 Å². The molecule has 0 fully saturated rings. The molecule has 1 aliphatic carbocycles. The van der Waals surface area contributed by atoms with E-state index >= 15 is 0 Å². The molecule has 1 heterocycles. The lowest BCUT2D eigenvalue weighted by molar-refractivity contribution is -0.173. The fourth-order valence-corrected chi connectivity index (χ4v) is 4.05. The Labute approximate surface area is 122 Å². The van der Waals surface area contributed by atoms with E-state index in [4.69, 9.17) is 0 Å². The van der Waals surface area contributed by atoms with Gasteiger partial charge in [0.1, 0.15) is 6.61 Å². The van der Waals surface area contributed by atoms with Crippen molar-refractivity contribution in [2.75, 3.05) is 19.8 Å². The van der Waals surface area contributed by atoms with Gasteiger partial charge in [-0.05, 0) is 46.8 Å². The Balaban J connectivity index is 1.75. The highest BCUT2D eigenvalue weighted by Crippen LogP contribution is 2.37. The van der Waals surface area contributed by atoms with Gasteiger partial charge in [0, 0.05) is 17.5 Å². The van der Waals surface area contributed by atoms with Crippen LogP contribution in [0.2, 0.25) is 0 Å². The van der Waals surface area contributed by atoms with E-state index in [1.165, 1.54) is 10.4 Å². The standard InChI is InChI=1S/C12H15BrF3NOS/c13-11-6-8-9(2-1-3-10(8)19-11)17-4-5-18-7-12(14,15)16/h6,9,17H,1-5,7H2. The quantitative estimate of drug-likeness (QED) is 0.802. The fourth-order valence-electron chi connectivity index (χ4n) is 2.23. The minimum atomic E-state index is -4.24. The second-order valence-corrected chi connectivity index (χ2v) is 7.01. The van der Waals surface area contributed by atoms with Crippen LogP contribution in [-0.4, -0.2) is 25.9 Å². The van der Waals surface area contributed by atoms with E-state index in [0.717, 1.165) is 23.0 Å². The number of thiophene rings is 1. The van der Waals surface area contributed by atoms with Crippen LogP contribution < -0.4 is 5.32 Å². The zero-order chi connectivity index (χ0) is 13.9. The summed E-state index contributed by atoms with van der Waals surface area (Å²) in [5, 5.41) is 3.27. The zero-order valence-electron chi connectivity index (χ0n) is 10.2. The number of hydrogen-bond acceptors (Lipinski definition) is 3. The maximum absolute atomic E-state index is 11.9. The molecule has 108 valence electrons. The average molecular weight is 358 g/mol. The molecule has 0 spiro atoms. The fraction of sp³-hybridized carbons (Fsp3) is 0.667. The van der Waals surface area contributed by atoms with Crippen LogP contribution in [0, 0.1) is 0 Å². The molecule has 1 unspecified atom stereocenters. The predicted molar refractivity (Wildman–Crippen MR) is 72.6 cm³/mol. The van der Waals surface area contributed by atoms with Gasteiger partial charge in [-0.3, -0.25) is 0 Å². The summed E-state index contributed by atoms with van der Waals surface area (Å²) in [6.07, 6.45) is -1.01. The van der Waals surface area contributed by atoms with Crippen molar-refractivity contribution in [2.45, 2.75) is 31.5 Å². The highest BCUT2D eigenvalue weighted by Gasteiger charge is 2.27. The van der Waals surface area contributed by atoms with Gasteiger partial charge in [-0.15, -0.1) is 11.3 Å². The first kappa shape index (κ1) is 15.3. The molecule has 1 aliphatic rings. The molecule has 7 heteroatoms. The Morgan fingerprint density at radius 2 is 2.26 bits per heavy atom. The van der Waals surface area contributed by atoms with Gasteiger partial charge in [0.15, 0.2) is 0 Å². The molecule has 0 radical (unpaired) electrons. The summed E-state index contributed by atoms with van der Waals surface area (Å²) >= 11 is 5.21. The first-order valence-electron chi connectivity index (χ1n) is 6.12. The van der Waals surface area contributed by atoms with Crippen LogP contribution in [0.25, 0.3) is 0 Å². The topological polar surface area (TPSA) is 21.3 Å². The molecule has 2 rings (SSSR count). The van der Waals surface area contributed by atoms with Crippen LogP contribution in [0.4, 0.5) is 13.2 Å². The molecule has 0 aliphatic heterocycles. The molecule has 0 bridgehead atoms. The minimum absolute atomic E-state index is 0.0800. The lowest BCUT2D eigenvalue weighted by Gasteiger charge is -2.23. The van der Waals surface area contributed by atoms with Gasteiger partial charge in [0.25, 0.3) is 0 Å². The van der Waals surface area contributed by atoms with Crippen LogP contribution in [0.15, 0.2) is 9.85 Å². The Morgan fingerprint density at radius 3 is 3.00 bits per heavy atom. The average Bonchev–Trinajstić information content (AvgIpc) is 2.68. The molecule has 0 aromatic carbocycles. The minimum Gasteiger partial charge on any atom is -0.371 e. The summed E-state index contributed by atoms with van der Waals surface area (Å²) in [6.45, 7) is -0.654. The molecule has 2 nitrogen and oxygen atoms in total. The summed E-state index contributed by atoms with van der Waals surface area (Å²) < 4.78 is 41.4. The normalized spacial score (nSPS) is 19.5. The molecule has 0 amide bonds. The molecular formula is C12H15BrF3NOS. The van der Waals surface area contributed by atoms with E-state index in [0.29, 0.717) is 6.54 Å². The van der Waals surface area contributed by atoms with Crippen molar-refractivity contribution in [3.8, 4) is 0 Å². The van der Waals surface area contributed by atoms with Gasteiger partial charge in [-0.25, -0.2) is 0 Å². The van der Waals surface area contributed by atoms with Crippen LogP contribution in [0.1, 0.15) is 29.3 Å². The Hall–Kier alpha value is -0.110. The van der Waals surface area contributed by atoms with Crippen molar-refractivity contribution >= 4 is 27.3 Å². The van der Waals surface area contributed by atoms with Crippen LogP contribution >= 0.6 is 27.3 Å². The number of nitrogens with one attached hydrogen (secondary N) is 1. The summed E-state index contributed by atoms with van der Waals surface area (Å²) in [5.74, 6) is 0. The first-order chi connectivity index (χ1) is 8.96. The number of halogens is 4. The lowest BCUT2D eigenvalue weighted by Crippen LogP contribution is -2.29. The molecule has 1 N–H and O–H groups in total. The third-order valence-corrected chi connectivity index (χ3v) is 4.70. The van der Waals surface area contributed by atoms with Gasteiger partial charge in [0.05, 0.1) is 10.4 Å². The molecule has 19 heavy (non-hydrogen) atoms. The van der Waals surface area contributed by atoms with Crippen molar-refractivity contribution < 1.29 is 17.9 Å². The van der Waals surface area contributed by atoms with Crippen molar-refractivity contribution in [1.82, 2.24) is 5.32 Å². The highest BCUT2D eigenvalue weighted by molar-refractivity contribution is 9.11. The third kappa shape index (κ3) is 4.73. The molecule has 0 saturated carbocycles. The number of aryl methyl sites for hydroxylation is 1. The van der Waals surface area contributed by atoms with Gasteiger partial charge < -0.3 is 10.1 Å². The van der Waals surface area contributed by atoms with Crippen molar-refractivity contribution in [3.63, 3.8) is 0 Å². The second kappa shape index (κ2) is 6.56. The monoisotopic (exact) mass is 357 g/mol. The summed E-state index contributed by atoms with van der Waals surface area (Å²) in [7, 11) is 0. The Kier molecular flexibility index (Phi) is 5.28. The number of ether oxygens (including phenoxy) is 1. The predicted octanol–water partition coefficient (Wildman–Crippen LogP) is 4.06. The number of rotatable bonds is 5. The van der Waals surface area contributed by atoms with Gasteiger partial charge in [0.2, 0.25) is 0 Å². The molecule has 1 aromatic rings. The largest absolute Gasteiger partial charge is 0.411 e. The third-order valence-electron chi connectivity index (χ3n) is 2.99. The number of alkyl halides is 3. The summed E-state index contributed by atoms with van der Waals surface area (Å²) in [6, 6.07) is 2.34. The molecule has 0 saturated heterocycles. The van der Waals surface area contributed by atoms with E-state index in [9.17, 15) is 13.2 Å². The number of fused-ring (bicyclic) bond motifs is 1. The van der Waals surface area contributed by atoms with Crippen LogP contribution in [-0.2, 0) is 11.2 Å². The number of hydrogen-bond donors (Lipinski definition) is 1. The Bertz CT molecular complexity index is 422. The van der Waals surface area contributed by atoms with E-state index in [1.54, 1.807) is 11.3 Å². The smallest absolute Gasteiger partial charge is 0.371 e. The first-order valence-corrected chi connectivity index (χ1v) is 7.72.